The van der Waals surface area contributed by atoms with Crippen molar-refractivity contribution in [3.8, 4) is 89.8 Å². The van der Waals surface area contributed by atoms with E-state index in [1.54, 1.807) is 0 Å². The van der Waals surface area contributed by atoms with Crippen LogP contribution in [0.1, 0.15) is 0 Å². The molecular formula is C61H39N3O. The molecule has 0 aliphatic carbocycles. The minimum Gasteiger partial charge on any atom is -0.455 e. The second-order valence-electron chi connectivity index (χ2n) is 16.3. The molecule has 4 heteroatoms. The van der Waals surface area contributed by atoms with Gasteiger partial charge in [-0.15, -0.1) is 0 Å². The highest BCUT2D eigenvalue weighted by atomic mass is 16.3. The van der Waals surface area contributed by atoms with E-state index in [4.69, 9.17) is 19.4 Å². The number of fused-ring (bicyclic) bond motifs is 4. The zero-order chi connectivity index (χ0) is 43.1. The Bertz CT molecular complexity index is 3590. The molecule has 0 saturated heterocycles. The Balaban J connectivity index is 0.900. The Morgan fingerprint density at radius 2 is 0.615 bits per heavy atom. The van der Waals surface area contributed by atoms with Gasteiger partial charge in [0.15, 0.2) is 17.5 Å². The lowest BCUT2D eigenvalue weighted by atomic mass is 9.91. The van der Waals surface area contributed by atoms with Gasteiger partial charge in [-0.1, -0.05) is 231 Å². The molecule has 12 aromatic rings. The van der Waals surface area contributed by atoms with Crippen molar-refractivity contribution in [2.45, 2.75) is 0 Å². The van der Waals surface area contributed by atoms with Crippen molar-refractivity contribution in [2.75, 3.05) is 0 Å². The number of hydrogen-bond acceptors (Lipinski definition) is 4. The highest BCUT2D eigenvalue weighted by Crippen LogP contribution is 2.42. The molecule has 4 nitrogen and oxygen atoms in total. The molecule has 12 rings (SSSR count). The lowest BCUT2D eigenvalue weighted by molar-refractivity contribution is 0.670. The van der Waals surface area contributed by atoms with Gasteiger partial charge in [0.2, 0.25) is 0 Å². The van der Waals surface area contributed by atoms with Gasteiger partial charge < -0.3 is 4.42 Å². The lowest BCUT2D eigenvalue weighted by Crippen LogP contribution is -2.02. The number of para-hydroxylation sites is 2. The molecule has 2 aromatic heterocycles. The molecule has 304 valence electrons. The first-order chi connectivity index (χ1) is 32.2. The first kappa shape index (κ1) is 38.0. The third-order valence-electron chi connectivity index (χ3n) is 12.4. The fraction of sp³-hybridized carbons (Fsp3) is 0. The molecule has 0 saturated carbocycles. The summed E-state index contributed by atoms with van der Waals surface area (Å²) in [4.78, 5) is 15.6. The van der Waals surface area contributed by atoms with E-state index in [0.717, 1.165) is 88.7 Å². The Morgan fingerprint density at radius 3 is 1.22 bits per heavy atom. The van der Waals surface area contributed by atoms with Crippen molar-refractivity contribution in [3.63, 3.8) is 0 Å². The summed E-state index contributed by atoms with van der Waals surface area (Å²) < 4.78 is 6.47. The Labute approximate surface area is 376 Å². The van der Waals surface area contributed by atoms with Crippen molar-refractivity contribution in [1.29, 1.82) is 0 Å². The number of benzene rings is 10. The van der Waals surface area contributed by atoms with Crippen LogP contribution in [0.25, 0.3) is 123 Å². The summed E-state index contributed by atoms with van der Waals surface area (Å²) in [6.45, 7) is 0. The van der Waals surface area contributed by atoms with Gasteiger partial charge in [-0.2, -0.15) is 0 Å². The molecule has 0 aliphatic heterocycles. The molecule has 0 amide bonds. The molecule has 0 spiro atoms. The van der Waals surface area contributed by atoms with E-state index in [1.165, 1.54) is 16.3 Å². The maximum atomic E-state index is 6.47. The van der Waals surface area contributed by atoms with Gasteiger partial charge in [-0.3, -0.25) is 0 Å². The third kappa shape index (κ3) is 6.95. The van der Waals surface area contributed by atoms with Gasteiger partial charge in [0, 0.05) is 33.0 Å². The first-order valence-corrected chi connectivity index (χ1v) is 21.9. The van der Waals surface area contributed by atoms with Crippen molar-refractivity contribution in [1.82, 2.24) is 15.0 Å². The number of furan rings is 1. The van der Waals surface area contributed by atoms with E-state index >= 15 is 0 Å². The van der Waals surface area contributed by atoms with Crippen LogP contribution < -0.4 is 0 Å². The maximum Gasteiger partial charge on any atom is 0.164 e. The predicted molar refractivity (Wildman–Crippen MR) is 268 cm³/mol. The topological polar surface area (TPSA) is 51.8 Å². The van der Waals surface area contributed by atoms with E-state index in [9.17, 15) is 0 Å². The Kier molecular flexibility index (Phi) is 9.46. The number of hydrogen-bond donors (Lipinski definition) is 0. The fourth-order valence-electron chi connectivity index (χ4n) is 9.24. The lowest BCUT2D eigenvalue weighted by Gasteiger charge is -2.14. The van der Waals surface area contributed by atoms with Crippen LogP contribution in [0.15, 0.2) is 241 Å². The van der Waals surface area contributed by atoms with E-state index in [1.807, 2.05) is 36.4 Å². The van der Waals surface area contributed by atoms with E-state index in [-0.39, 0.29) is 0 Å². The molecule has 0 atom stereocenters. The molecule has 65 heavy (non-hydrogen) atoms. The van der Waals surface area contributed by atoms with E-state index < -0.39 is 0 Å². The van der Waals surface area contributed by atoms with Crippen molar-refractivity contribution >= 4 is 32.7 Å². The van der Waals surface area contributed by atoms with Crippen LogP contribution in [0.5, 0.6) is 0 Å². The van der Waals surface area contributed by atoms with Gasteiger partial charge >= 0.3 is 0 Å². The average molecular weight is 830 g/mol. The van der Waals surface area contributed by atoms with Crippen LogP contribution in [0.2, 0.25) is 0 Å². The third-order valence-corrected chi connectivity index (χ3v) is 12.4. The second kappa shape index (κ2) is 16.2. The van der Waals surface area contributed by atoms with Gasteiger partial charge in [-0.25, -0.2) is 15.0 Å². The van der Waals surface area contributed by atoms with Crippen LogP contribution in [-0.4, -0.2) is 15.0 Å². The normalized spacial score (nSPS) is 11.4. The first-order valence-electron chi connectivity index (χ1n) is 21.9. The highest BCUT2D eigenvalue weighted by Gasteiger charge is 2.19. The smallest absolute Gasteiger partial charge is 0.164 e. The summed E-state index contributed by atoms with van der Waals surface area (Å²) in [5.74, 6) is 1.86. The monoisotopic (exact) mass is 829 g/mol. The summed E-state index contributed by atoms with van der Waals surface area (Å²) >= 11 is 0. The molecule has 0 aliphatic rings. The van der Waals surface area contributed by atoms with Gasteiger partial charge in [0.25, 0.3) is 0 Å². The Morgan fingerprint density at radius 1 is 0.215 bits per heavy atom. The van der Waals surface area contributed by atoms with Crippen molar-refractivity contribution < 1.29 is 4.42 Å². The summed E-state index contributed by atoms with van der Waals surface area (Å²) in [6.07, 6.45) is 0. The number of nitrogens with zero attached hydrogens (tertiary/aromatic N) is 3. The van der Waals surface area contributed by atoms with Crippen LogP contribution in [0.4, 0.5) is 0 Å². The molecule has 0 bridgehead atoms. The molecular weight excluding hydrogens is 791 g/mol. The van der Waals surface area contributed by atoms with E-state index in [2.05, 4.69) is 200 Å². The minimum absolute atomic E-state index is 0.615. The molecule has 0 N–H and O–H groups in total. The summed E-state index contributed by atoms with van der Waals surface area (Å²) in [5.41, 5.74) is 15.8. The summed E-state index contributed by atoms with van der Waals surface area (Å²) in [5, 5.41) is 4.65. The van der Waals surface area contributed by atoms with Crippen LogP contribution >= 0.6 is 0 Å². The second-order valence-corrected chi connectivity index (χ2v) is 16.3. The van der Waals surface area contributed by atoms with Crippen molar-refractivity contribution in [2.24, 2.45) is 0 Å². The molecule has 0 radical (unpaired) electrons. The predicted octanol–water partition coefficient (Wildman–Crippen LogP) is 16.3. The molecule has 0 fully saturated rings. The molecule has 2 heterocycles. The number of aromatic nitrogens is 3. The van der Waals surface area contributed by atoms with Crippen LogP contribution in [0.3, 0.4) is 0 Å². The van der Waals surface area contributed by atoms with Crippen LogP contribution in [0, 0.1) is 0 Å². The SMILES string of the molecule is c1ccc(-c2ccccc2-c2nc(-c3ccc(-c4ccc(-c5ccc(-c6cccc7c6oc6ccccc67)c6ccccc56)cc4)cc3)nc(-c3ccccc3-c3ccccc3)n2)cc1. The maximum absolute atomic E-state index is 6.47. The average Bonchev–Trinajstić information content (AvgIpc) is 3.78. The minimum atomic E-state index is 0.615. The summed E-state index contributed by atoms with van der Waals surface area (Å²) in [6, 6.07) is 82.8. The fourth-order valence-corrected chi connectivity index (χ4v) is 9.24. The molecule has 0 unspecified atom stereocenters. The standard InChI is InChI=1S/C61H39N3O/c1-3-16-42(17-4-1)46-20-7-11-25-55(46)60-62-59(63-61(64-60)56-26-12-8-21-47(56)43-18-5-2-6-19-43)45-36-32-41(33-37-45)40-30-34-44(35-31-40)48-38-39-51(50-23-10-9-22-49(48)50)53-27-15-28-54-52-24-13-14-29-57(52)65-58(53)54/h1-39H. The van der Waals surface area contributed by atoms with Gasteiger partial charge in [-0.05, 0) is 66.9 Å². The Hall–Kier alpha value is -8.73. The van der Waals surface area contributed by atoms with Gasteiger partial charge in [0.05, 0.1) is 0 Å². The van der Waals surface area contributed by atoms with Crippen LogP contribution in [-0.2, 0) is 0 Å². The zero-order valence-corrected chi connectivity index (χ0v) is 35.3. The van der Waals surface area contributed by atoms with Crippen molar-refractivity contribution in [3.05, 3.63) is 237 Å². The number of rotatable bonds is 8. The largest absolute Gasteiger partial charge is 0.455 e. The zero-order valence-electron chi connectivity index (χ0n) is 35.3. The van der Waals surface area contributed by atoms with Gasteiger partial charge in [0.1, 0.15) is 11.2 Å². The molecule has 10 aromatic carbocycles. The highest BCUT2D eigenvalue weighted by molar-refractivity contribution is 6.13. The van der Waals surface area contributed by atoms with E-state index in [0.29, 0.717) is 17.5 Å². The summed E-state index contributed by atoms with van der Waals surface area (Å²) in [7, 11) is 0. The quantitative estimate of drug-likeness (QED) is 0.153.